The van der Waals surface area contributed by atoms with Crippen LogP contribution in [-0.4, -0.2) is 36.2 Å². The molecule has 0 spiro atoms. The number of ether oxygens (including phenoxy) is 2. The summed E-state index contributed by atoms with van der Waals surface area (Å²) in [6.07, 6.45) is 5.16. The van der Waals surface area contributed by atoms with E-state index in [9.17, 15) is 9.59 Å². The normalized spacial score (nSPS) is 20.1. The minimum Gasteiger partial charge on any atom is -0.466 e. The summed E-state index contributed by atoms with van der Waals surface area (Å²) < 4.78 is 10.1. The Bertz CT molecular complexity index is 531. The van der Waals surface area contributed by atoms with Crippen LogP contribution < -0.4 is 0 Å². The lowest BCUT2D eigenvalue weighted by Crippen LogP contribution is -2.40. The Kier molecular flexibility index (Phi) is 7.09. The molecule has 1 aromatic carbocycles. The number of cyclic esters (lactones) is 1. The lowest BCUT2D eigenvalue weighted by molar-refractivity contribution is -0.150. The maximum Gasteiger partial charge on any atom is 0.411 e. The van der Waals surface area contributed by atoms with Gasteiger partial charge in [0.2, 0.25) is 6.10 Å². The van der Waals surface area contributed by atoms with Crippen LogP contribution in [0.2, 0.25) is 0 Å². The van der Waals surface area contributed by atoms with E-state index in [-0.39, 0.29) is 6.04 Å². The van der Waals surface area contributed by atoms with Crippen molar-refractivity contribution in [2.24, 2.45) is 0 Å². The number of carbonyl (C=O) groups is 2. The lowest BCUT2D eigenvalue weighted by Gasteiger charge is -2.23. The van der Waals surface area contributed by atoms with Crippen LogP contribution in [0.5, 0.6) is 0 Å². The molecular weight excluding hydrogens is 306 g/mol. The van der Waals surface area contributed by atoms with Crippen molar-refractivity contribution < 1.29 is 19.1 Å². The van der Waals surface area contributed by atoms with Crippen molar-refractivity contribution in [1.29, 1.82) is 0 Å². The summed E-state index contributed by atoms with van der Waals surface area (Å²) >= 11 is 0. The van der Waals surface area contributed by atoms with E-state index in [4.69, 9.17) is 9.47 Å². The van der Waals surface area contributed by atoms with E-state index in [0.29, 0.717) is 6.54 Å². The Balaban J connectivity index is 2.03. The molecule has 1 heterocycles. The van der Waals surface area contributed by atoms with Crippen LogP contribution >= 0.6 is 0 Å². The van der Waals surface area contributed by atoms with Gasteiger partial charge < -0.3 is 9.47 Å². The number of carbonyl (C=O) groups excluding carboxylic acids is 2. The number of hydrogen-bond acceptors (Lipinski definition) is 4. The monoisotopic (exact) mass is 333 g/mol. The first-order valence-corrected chi connectivity index (χ1v) is 8.76. The van der Waals surface area contributed by atoms with E-state index in [0.717, 1.165) is 24.8 Å². The fourth-order valence-corrected chi connectivity index (χ4v) is 3.10. The zero-order valence-electron chi connectivity index (χ0n) is 14.6. The predicted molar refractivity (Wildman–Crippen MR) is 91.4 cm³/mol. The average molecular weight is 333 g/mol. The van der Waals surface area contributed by atoms with Crippen molar-refractivity contribution >= 4 is 12.1 Å². The van der Waals surface area contributed by atoms with Crippen molar-refractivity contribution in [3.63, 3.8) is 0 Å². The minimum absolute atomic E-state index is 0.258. The summed E-state index contributed by atoms with van der Waals surface area (Å²) in [5, 5.41) is 0. The highest BCUT2D eigenvalue weighted by Gasteiger charge is 2.45. The van der Waals surface area contributed by atoms with Crippen LogP contribution in [0.3, 0.4) is 0 Å². The topological polar surface area (TPSA) is 55.8 Å². The summed E-state index contributed by atoms with van der Waals surface area (Å²) in [6.45, 7) is 2.63. The molecule has 0 radical (unpaired) electrons. The van der Waals surface area contributed by atoms with Gasteiger partial charge in [0.25, 0.3) is 0 Å². The molecular formula is C19H27NO4. The van der Waals surface area contributed by atoms with E-state index in [1.165, 1.54) is 26.4 Å². The predicted octanol–water partition coefficient (Wildman–Crippen LogP) is 3.91. The molecule has 0 N–H and O–H groups in total. The smallest absolute Gasteiger partial charge is 0.411 e. The number of rotatable bonds is 9. The Morgan fingerprint density at radius 1 is 1.17 bits per heavy atom. The second-order valence-corrected chi connectivity index (χ2v) is 6.21. The highest BCUT2D eigenvalue weighted by atomic mass is 16.6. The molecule has 1 aliphatic rings. The molecule has 0 unspecified atom stereocenters. The number of hydrogen-bond donors (Lipinski definition) is 0. The molecule has 0 bridgehead atoms. The van der Waals surface area contributed by atoms with Crippen LogP contribution in [0.1, 0.15) is 51.0 Å². The van der Waals surface area contributed by atoms with Gasteiger partial charge in [0.15, 0.2) is 0 Å². The van der Waals surface area contributed by atoms with Crippen molar-refractivity contribution in [3.05, 3.63) is 35.9 Å². The number of unbranched alkanes of at least 4 members (excludes halogenated alkanes) is 4. The van der Waals surface area contributed by atoms with Gasteiger partial charge in [-0.1, -0.05) is 69.4 Å². The van der Waals surface area contributed by atoms with Gasteiger partial charge in [-0.15, -0.1) is 0 Å². The molecule has 1 aliphatic heterocycles. The van der Waals surface area contributed by atoms with E-state index >= 15 is 0 Å². The highest BCUT2D eigenvalue weighted by molar-refractivity contribution is 5.83. The Labute approximate surface area is 143 Å². The molecule has 2 rings (SSSR count). The van der Waals surface area contributed by atoms with Gasteiger partial charge in [-0.2, -0.15) is 0 Å². The van der Waals surface area contributed by atoms with E-state index < -0.39 is 18.2 Å². The molecule has 5 nitrogen and oxygen atoms in total. The van der Waals surface area contributed by atoms with Crippen molar-refractivity contribution in [2.75, 3.05) is 7.11 Å². The zero-order valence-corrected chi connectivity index (χ0v) is 14.6. The molecule has 0 aromatic heterocycles. The molecule has 1 amide bonds. The molecule has 1 fully saturated rings. The summed E-state index contributed by atoms with van der Waals surface area (Å²) in [4.78, 5) is 25.9. The summed E-state index contributed by atoms with van der Waals surface area (Å²) in [6, 6.07) is 9.50. The number of benzene rings is 1. The Hall–Kier alpha value is -2.04. The number of amides is 1. The largest absolute Gasteiger partial charge is 0.466 e. The van der Waals surface area contributed by atoms with Crippen LogP contribution in [0, 0.1) is 0 Å². The lowest BCUT2D eigenvalue weighted by atomic mass is 10.0. The third-order valence-electron chi connectivity index (χ3n) is 4.44. The van der Waals surface area contributed by atoms with Crippen molar-refractivity contribution in [3.8, 4) is 0 Å². The molecule has 1 aromatic rings. The van der Waals surface area contributed by atoms with Crippen LogP contribution in [0.25, 0.3) is 0 Å². The maximum atomic E-state index is 12.3. The van der Waals surface area contributed by atoms with Gasteiger partial charge in [-0.25, -0.2) is 9.59 Å². The van der Waals surface area contributed by atoms with Crippen molar-refractivity contribution in [1.82, 2.24) is 4.90 Å². The van der Waals surface area contributed by atoms with Gasteiger partial charge in [-0.3, -0.25) is 4.90 Å². The first-order valence-electron chi connectivity index (χ1n) is 8.76. The third kappa shape index (κ3) is 4.73. The van der Waals surface area contributed by atoms with E-state index in [1.54, 1.807) is 4.90 Å². The second kappa shape index (κ2) is 9.30. The van der Waals surface area contributed by atoms with Gasteiger partial charge in [0, 0.05) is 6.54 Å². The minimum atomic E-state index is -0.822. The first kappa shape index (κ1) is 18.3. The second-order valence-electron chi connectivity index (χ2n) is 6.21. The van der Waals surface area contributed by atoms with Gasteiger partial charge in [0.05, 0.1) is 13.2 Å². The SMILES string of the molecule is CCCCCCC[C@@H]1[C@H](C(=O)OC)OC(=O)N1Cc1ccccc1. The molecule has 0 saturated carbocycles. The third-order valence-corrected chi connectivity index (χ3v) is 4.44. The fraction of sp³-hybridized carbons (Fsp3) is 0.579. The number of esters is 1. The van der Waals surface area contributed by atoms with Gasteiger partial charge >= 0.3 is 12.1 Å². The molecule has 132 valence electrons. The quantitative estimate of drug-likeness (QED) is 0.508. The number of nitrogens with zero attached hydrogens (tertiary/aromatic N) is 1. The molecule has 2 atom stereocenters. The summed E-state index contributed by atoms with van der Waals surface area (Å²) in [5.74, 6) is -0.475. The summed E-state index contributed by atoms with van der Waals surface area (Å²) in [7, 11) is 1.33. The van der Waals surface area contributed by atoms with Gasteiger partial charge in [-0.05, 0) is 12.0 Å². The highest BCUT2D eigenvalue weighted by Crippen LogP contribution is 2.27. The van der Waals surface area contributed by atoms with Crippen LogP contribution in [-0.2, 0) is 20.8 Å². The average Bonchev–Trinajstić information content (AvgIpc) is 2.91. The molecule has 1 saturated heterocycles. The Morgan fingerprint density at radius 2 is 1.88 bits per heavy atom. The molecule has 0 aliphatic carbocycles. The molecule has 5 heteroatoms. The standard InChI is InChI=1S/C19H27NO4/c1-3-4-5-6-10-13-16-17(18(21)23-2)24-19(22)20(16)14-15-11-8-7-9-12-15/h7-9,11-12,16-17H,3-6,10,13-14H2,1-2H3/t16-,17-/m1/s1. The fourth-order valence-electron chi connectivity index (χ4n) is 3.10. The number of methoxy groups -OCH3 is 1. The maximum absolute atomic E-state index is 12.3. The zero-order chi connectivity index (χ0) is 17.4. The van der Waals surface area contributed by atoms with E-state index in [1.807, 2.05) is 30.3 Å². The Morgan fingerprint density at radius 3 is 2.54 bits per heavy atom. The first-order chi connectivity index (χ1) is 11.7. The van der Waals surface area contributed by atoms with Crippen LogP contribution in [0.15, 0.2) is 30.3 Å². The van der Waals surface area contributed by atoms with Gasteiger partial charge in [0.1, 0.15) is 0 Å². The van der Waals surface area contributed by atoms with Crippen molar-refractivity contribution in [2.45, 2.75) is 64.1 Å². The summed E-state index contributed by atoms with van der Waals surface area (Å²) in [5.41, 5.74) is 1.02. The van der Waals surface area contributed by atoms with E-state index in [2.05, 4.69) is 6.92 Å². The molecule has 24 heavy (non-hydrogen) atoms. The van der Waals surface area contributed by atoms with Crippen LogP contribution in [0.4, 0.5) is 4.79 Å².